The molecule has 0 aliphatic heterocycles. The van der Waals surface area contributed by atoms with Crippen LogP contribution in [0.3, 0.4) is 0 Å². The second-order valence-corrected chi connectivity index (χ2v) is 6.65. The molecule has 0 radical (unpaired) electrons. The molecule has 0 unspecified atom stereocenters. The molecule has 0 saturated carbocycles. The van der Waals surface area contributed by atoms with E-state index in [9.17, 15) is 13.5 Å². The quantitative estimate of drug-likeness (QED) is 0.884. The number of aromatic hydroxyl groups is 1. The molecule has 0 atom stereocenters. The van der Waals surface area contributed by atoms with Crippen molar-refractivity contribution < 1.29 is 13.5 Å². The number of nitrogens with zero attached hydrogens (tertiary/aromatic N) is 1. The maximum atomic E-state index is 12.3. The van der Waals surface area contributed by atoms with Crippen molar-refractivity contribution in [1.82, 2.24) is 4.72 Å². The highest BCUT2D eigenvalue weighted by Gasteiger charge is 2.16. The summed E-state index contributed by atoms with van der Waals surface area (Å²) < 4.78 is 27.1. The molecule has 22 heavy (non-hydrogen) atoms. The highest BCUT2D eigenvalue weighted by Crippen LogP contribution is 2.17. The van der Waals surface area contributed by atoms with Crippen molar-refractivity contribution in [2.45, 2.75) is 18.2 Å². The monoisotopic (exact) mass is 316 g/mol. The lowest BCUT2D eigenvalue weighted by molar-refractivity contribution is 0.474. The molecule has 0 bridgehead atoms. The molecule has 2 rings (SSSR count). The summed E-state index contributed by atoms with van der Waals surface area (Å²) in [5.41, 5.74) is 1.73. The summed E-state index contributed by atoms with van der Waals surface area (Å²) >= 11 is 0. The number of sulfonamides is 1. The molecule has 0 aliphatic carbocycles. The number of aryl methyl sites for hydroxylation is 1. The summed E-state index contributed by atoms with van der Waals surface area (Å²) in [6, 6.07) is 13.2. The molecule has 0 heterocycles. The van der Waals surface area contributed by atoms with Gasteiger partial charge in [0.05, 0.1) is 16.5 Å². The van der Waals surface area contributed by atoms with Crippen LogP contribution >= 0.6 is 0 Å². The number of phenols is 1. The van der Waals surface area contributed by atoms with Crippen LogP contribution in [0, 0.1) is 18.3 Å². The van der Waals surface area contributed by atoms with Gasteiger partial charge in [-0.3, -0.25) is 0 Å². The van der Waals surface area contributed by atoms with Crippen LogP contribution in [-0.4, -0.2) is 20.1 Å². The van der Waals surface area contributed by atoms with Crippen LogP contribution < -0.4 is 4.72 Å². The molecule has 5 nitrogen and oxygen atoms in total. The fraction of sp³-hybridized carbons (Fsp3) is 0.188. The summed E-state index contributed by atoms with van der Waals surface area (Å²) in [4.78, 5) is 0.113. The second kappa shape index (κ2) is 6.60. The van der Waals surface area contributed by atoms with Crippen molar-refractivity contribution in [3.63, 3.8) is 0 Å². The average Bonchev–Trinajstić information content (AvgIpc) is 2.47. The Morgan fingerprint density at radius 2 is 2.00 bits per heavy atom. The highest BCUT2D eigenvalue weighted by atomic mass is 32.2. The zero-order valence-corrected chi connectivity index (χ0v) is 12.9. The van der Waals surface area contributed by atoms with Crippen molar-refractivity contribution in [2.75, 3.05) is 6.54 Å². The Bertz CT molecular complexity index is 824. The third-order valence-electron chi connectivity index (χ3n) is 3.22. The maximum Gasteiger partial charge on any atom is 0.240 e. The van der Waals surface area contributed by atoms with E-state index in [1.807, 2.05) is 12.1 Å². The van der Waals surface area contributed by atoms with Crippen molar-refractivity contribution >= 4 is 10.0 Å². The molecule has 2 aromatic carbocycles. The van der Waals surface area contributed by atoms with E-state index in [2.05, 4.69) is 4.72 Å². The van der Waals surface area contributed by atoms with Gasteiger partial charge in [0.15, 0.2) is 0 Å². The molecule has 0 amide bonds. The number of rotatable bonds is 5. The summed E-state index contributed by atoms with van der Waals surface area (Å²) in [6.07, 6.45) is 0.463. The van der Waals surface area contributed by atoms with E-state index in [1.54, 1.807) is 37.3 Å². The highest BCUT2D eigenvalue weighted by molar-refractivity contribution is 7.89. The first-order chi connectivity index (χ1) is 10.4. The van der Waals surface area contributed by atoms with Crippen molar-refractivity contribution in [2.24, 2.45) is 0 Å². The average molecular weight is 316 g/mol. The van der Waals surface area contributed by atoms with Crippen LogP contribution in [-0.2, 0) is 16.4 Å². The molecule has 0 aromatic heterocycles. The van der Waals surface area contributed by atoms with Gasteiger partial charge in [-0.05, 0) is 48.7 Å². The normalized spacial score (nSPS) is 11.1. The fourth-order valence-corrected chi connectivity index (χ4v) is 3.38. The number of hydrogen-bond donors (Lipinski definition) is 2. The lowest BCUT2D eigenvalue weighted by Crippen LogP contribution is -2.26. The largest absolute Gasteiger partial charge is 0.508 e. The number of nitrogens with one attached hydrogen (secondary N) is 1. The third kappa shape index (κ3) is 3.85. The third-order valence-corrected chi connectivity index (χ3v) is 4.83. The molecule has 114 valence electrons. The van der Waals surface area contributed by atoms with Crippen LogP contribution in [0.15, 0.2) is 47.4 Å². The van der Waals surface area contributed by atoms with E-state index in [0.29, 0.717) is 17.5 Å². The predicted molar refractivity (Wildman–Crippen MR) is 82.9 cm³/mol. The predicted octanol–water partition coefficient (Wildman–Crippen LogP) is 2.09. The number of hydrogen-bond acceptors (Lipinski definition) is 4. The minimum Gasteiger partial charge on any atom is -0.508 e. The Labute approximate surface area is 129 Å². The summed E-state index contributed by atoms with van der Waals surface area (Å²) in [6.45, 7) is 1.90. The van der Waals surface area contributed by atoms with Crippen molar-refractivity contribution in [1.29, 1.82) is 5.26 Å². The van der Waals surface area contributed by atoms with E-state index < -0.39 is 10.0 Å². The Morgan fingerprint density at radius 3 is 2.68 bits per heavy atom. The van der Waals surface area contributed by atoms with Gasteiger partial charge in [-0.2, -0.15) is 5.26 Å². The summed E-state index contributed by atoms with van der Waals surface area (Å²) in [5, 5.41) is 18.3. The summed E-state index contributed by atoms with van der Waals surface area (Å²) in [7, 11) is -3.67. The van der Waals surface area contributed by atoms with E-state index in [4.69, 9.17) is 5.26 Å². The first kappa shape index (κ1) is 16.0. The Balaban J connectivity index is 2.10. The lowest BCUT2D eigenvalue weighted by Gasteiger charge is -2.10. The minimum absolute atomic E-state index is 0.113. The van der Waals surface area contributed by atoms with Gasteiger partial charge in [-0.1, -0.05) is 18.2 Å². The van der Waals surface area contributed by atoms with E-state index in [0.717, 1.165) is 5.56 Å². The van der Waals surface area contributed by atoms with Gasteiger partial charge in [-0.15, -0.1) is 0 Å². The molecule has 0 fully saturated rings. The Morgan fingerprint density at radius 1 is 1.23 bits per heavy atom. The van der Waals surface area contributed by atoms with Gasteiger partial charge in [0.25, 0.3) is 0 Å². The van der Waals surface area contributed by atoms with Crippen molar-refractivity contribution in [3.05, 3.63) is 59.2 Å². The molecular weight excluding hydrogens is 300 g/mol. The minimum atomic E-state index is -3.67. The van der Waals surface area contributed by atoms with Gasteiger partial charge in [-0.25, -0.2) is 13.1 Å². The summed E-state index contributed by atoms with van der Waals surface area (Å²) in [5.74, 6) is 0.151. The van der Waals surface area contributed by atoms with Crippen molar-refractivity contribution in [3.8, 4) is 11.8 Å². The van der Waals surface area contributed by atoms with Crippen LogP contribution in [0.2, 0.25) is 0 Å². The Kier molecular flexibility index (Phi) is 4.81. The maximum absolute atomic E-state index is 12.3. The van der Waals surface area contributed by atoms with E-state index in [-0.39, 0.29) is 17.2 Å². The van der Waals surface area contributed by atoms with Gasteiger partial charge < -0.3 is 5.11 Å². The second-order valence-electron chi connectivity index (χ2n) is 4.91. The molecule has 0 saturated heterocycles. The Hall–Kier alpha value is -2.36. The van der Waals surface area contributed by atoms with Crippen LogP contribution in [0.5, 0.6) is 5.75 Å². The lowest BCUT2D eigenvalue weighted by atomic mass is 10.1. The van der Waals surface area contributed by atoms with E-state index >= 15 is 0 Å². The molecule has 0 aliphatic rings. The zero-order valence-electron chi connectivity index (χ0n) is 12.1. The van der Waals surface area contributed by atoms with Crippen LogP contribution in [0.25, 0.3) is 0 Å². The number of benzene rings is 2. The van der Waals surface area contributed by atoms with Gasteiger partial charge in [0.2, 0.25) is 10.0 Å². The van der Waals surface area contributed by atoms with Gasteiger partial charge in [0.1, 0.15) is 5.75 Å². The standard InChI is InChI=1S/C16H16N2O3S/c1-12-5-6-14(11-17)10-16(12)22(20,21)18-8-7-13-3-2-4-15(19)9-13/h2-6,9-10,18-19H,7-8H2,1H3. The van der Waals surface area contributed by atoms with Crippen LogP contribution in [0.1, 0.15) is 16.7 Å². The molecule has 0 spiro atoms. The van der Waals surface area contributed by atoms with Gasteiger partial charge in [0, 0.05) is 6.54 Å². The first-order valence-electron chi connectivity index (χ1n) is 6.71. The molecular formula is C16H16N2O3S. The smallest absolute Gasteiger partial charge is 0.240 e. The van der Waals surface area contributed by atoms with Crippen LogP contribution in [0.4, 0.5) is 0 Å². The first-order valence-corrected chi connectivity index (χ1v) is 8.19. The topological polar surface area (TPSA) is 90.2 Å². The van der Waals surface area contributed by atoms with Gasteiger partial charge >= 0.3 is 0 Å². The fourth-order valence-electron chi connectivity index (χ4n) is 2.08. The zero-order chi connectivity index (χ0) is 16.2. The number of phenolic OH excluding ortho intramolecular Hbond substituents is 1. The van der Waals surface area contributed by atoms with E-state index in [1.165, 1.54) is 6.07 Å². The molecule has 6 heteroatoms. The number of nitriles is 1. The SMILES string of the molecule is Cc1ccc(C#N)cc1S(=O)(=O)NCCc1cccc(O)c1. The molecule has 2 N–H and O–H groups in total. The molecule has 2 aromatic rings.